The summed E-state index contributed by atoms with van der Waals surface area (Å²) in [6, 6.07) is 0. The lowest BCUT2D eigenvalue weighted by atomic mass is 10.3. The molecule has 0 atom stereocenters. The fraction of sp³-hybridized carbons (Fsp3) is 0.875. The van der Waals surface area contributed by atoms with E-state index in [4.69, 9.17) is 5.73 Å². The summed E-state index contributed by atoms with van der Waals surface area (Å²) in [6.45, 7) is 6.28. The molecule has 0 aromatic rings. The Labute approximate surface area is 63.8 Å². The van der Waals surface area contributed by atoms with E-state index in [0.717, 1.165) is 6.42 Å². The number of unbranched alkanes of at least 4 members (excludes halogenated alkanes) is 1. The summed E-state index contributed by atoms with van der Waals surface area (Å²) in [5.41, 5.74) is 4.76. The van der Waals surface area contributed by atoms with Crippen LogP contribution in [0.15, 0.2) is 0 Å². The van der Waals surface area contributed by atoms with E-state index in [9.17, 15) is 4.79 Å². The second kappa shape index (κ2) is 11.3. The Morgan fingerprint density at radius 1 is 1.10 bits per heavy atom. The fourth-order valence-electron chi connectivity index (χ4n) is 0.246. The number of rotatable bonds is 3. The van der Waals surface area contributed by atoms with Gasteiger partial charge in [0.2, 0.25) is 5.91 Å². The Morgan fingerprint density at radius 3 is 1.50 bits per heavy atom. The minimum Gasteiger partial charge on any atom is -0.370 e. The highest BCUT2D eigenvalue weighted by Gasteiger charge is 1.84. The Bertz CT molecular complexity index is 69.7. The molecular weight excluding hydrogens is 126 g/mol. The van der Waals surface area contributed by atoms with E-state index < -0.39 is 0 Å². The van der Waals surface area contributed by atoms with Crippen LogP contribution in [0.5, 0.6) is 0 Å². The lowest BCUT2D eigenvalue weighted by molar-refractivity contribution is -0.118. The number of carbonyl (C=O) groups is 1. The van der Waals surface area contributed by atoms with Gasteiger partial charge in [-0.15, -0.1) is 0 Å². The predicted molar refractivity (Wildman–Crippen MR) is 44.7 cm³/mol. The van der Waals surface area contributed by atoms with Gasteiger partial charge in [0.1, 0.15) is 0 Å². The van der Waals surface area contributed by atoms with E-state index in [1.807, 2.05) is 6.92 Å². The first-order valence-corrected chi connectivity index (χ1v) is 3.97. The summed E-state index contributed by atoms with van der Waals surface area (Å²) in [5, 5.41) is 0. The quantitative estimate of drug-likeness (QED) is 0.649. The van der Waals surface area contributed by atoms with Crippen molar-refractivity contribution in [1.29, 1.82) is 0 Å². The van der Waals surface area contributed by atoms with Gasteiger partial charge in [-0.05, 0) is 6.42 Å². The predicted octanol–water partition coefficient (Wildman–Crippen LogP) is 2.08. The minimum atomic E-state index is -0.211. The summed E-state index contributed by atoms with van der Waals surface area (Å²) in [4.78, 5) is 9.82. The van der Waals surface area contributed by atoms with Crippen molar-refractivity contribution in [3.63, 3.8) is 0 Å². The molecule has 0 radical (unpaired) electrons. The smallest absolute Gasteiger partial charge is 0.217 e. The highest BCUT2D eigenvalue weighted by Crippen LogP contribution is 1.79. The van der Waals surface area contributed by atoms with Gasteiger partial charge >= 0.3 is 0 Å². The average Bonchev–Trinajstić information content (AvgIpc) is 1.89. The number of hydrogen-bond donors (Lipinski definition) is 1. The number of amides is 1. The van der Waals surface area contributed by atoms with Crippen molar-refractivity contribution in [3.05, 3.63) is 0 Å². The molecule has 0 bridgehead atoms. The molecule has 0 unspecified atom stereocenters. The molecule has 0 heterocycles. The largest absolute Gasteiger partial charge is 0.370 e. The van der Waals surface area contributed by atoms with Gasteiger partial charge in [0.05, 0.1) is 0 Å². The second-order valence-electron chi connectivity index (χ2n) is 2.22. The van der Waals surface area contributed by atoms with Crippen molar-refractivity contribution in [3.8, 4) is 0 Å². The van der Waals surface area contributed by atoms with Crippen molar-refractivity contribution < 1.29 is 4.79 Å². The maximum absolute atomic E-state index is 9.82. The molecule has 0 fully saturated rings. The van der Waals surface area contributed by atoms with Crippen molar-refractivity contribution >= 4 is 5.91 Å². The normalized spacial score (nSPS) is 7.90. The van der Waals surface area contributed by atoms with Crippen LogP contribution in [-0.2, 0) is 4.79 Å². The Kier molecular flexibility index (Phi) is 13.7. The van der Waals surface area contributed by atoms with E-state index in [-0.39, 0.29) is 5.91 Å². The Balaban J connectivity index is 0. The van der Waals surface area contributed by atoms with Crippen LogP contribution in [0.25, 0.3) is 0 Å². The summed E-state index contributed by atoms with van der Waals surface area (Å²) < 4.78 is 0. The third-order valence-corrected chi connectivity index (χ3v) is 0.996. The molecule has 0 saturated heterocycles. The molecule has 0 aliphatic heterocycles. The van der Waals surface area contributed by atoms with Gasteiger partial charge in [0.15, 0.2) is 0 Å². The molecule has 0 aromatic heterocycles. The lowest BCUT2D eigenvalue weighted by Crippen LogP contribution is -2.08. The molecule has 10 heavy (non-hydrogen) atoms. The molecule has 2 N–H and O–H groups in total. The number of hydrogen-bond acceptors (Lipinski definition) is 1. The fourth-order valence-corrected chi connectivity index (χ4v) is 0.246. The maximum atomic E-state index is 9.82. The van der Waals surface area contributed by atoms with Gasteiger partial charge in [-0.3, -0.25) is 4.79 Å². The summed E-state index contributed by atoms with van der Waals surface area (Å²) in [6.07, 6.45) is 4.01. The van der Waals surface area contributed by atoms with Crippen LogP contribution >= 0.6 is 0 Å². The number of primary amides is 1. The molecule has 0 saturated carbocycles. The minimum absolute atomic E-state index is 0.211. The van der Waals surface area contributed by atoms with Gasteiger partial charge in [-0.25, -0.2) is 0 Å². The van der Waals surface area contributed by atoms with E-state index in [1.54, 1.807) is 0 Å². The van der Waals surface area contributed by atoms with Crippen LogP contribution < -0.4 is 5.73 Å². The van der Waals surface area contributed by atoms with Crippen LogP contribution in [0, 0.1) is 0 Å². The van der Waals surface area contributed by atoms with Crippen LogP contribution in [-0.4, -0.2) is 5.91 Å². The SMILES string of the molecule is CCCC.CCCC(N)=O. The molecule has 1 amide bonds. The first kappa shape index (κ1) is 12.2. The van der Waals surface area contributed by atoms with Gasteiger partial charge in [0.25, 0.3) is 0 Å². The van der Waals surface area contributed by atoms with Crippen LogP contribution in [0.3, 0.4) is 0 Å². The zero-order valence-corrected chi connectivity index (χ0v) is 7.31. The van der Waals surface area contributed by atoms with Gasteiger partial charge < -0.3 is 5.73 Å². The highest BCUT2D eigenvalue weighted by atomic mass is 16.1. The van der Waals surface area contributed by atoms with Gasteiger partial charge in [-0.1, -0.05) is 33.6 Å². The molecule has 0 aliphatic carbocycles. The molecule has 0 aliphatic rings. The van der Waals surface area contributed by atoms with E-state index in [0.29, 0.717) is 6.42 Å². The zero-order valence-electron chi connectivity index (χ0n) is 7.31. The Hall–Kier alpha value is -0.530. The molecular formula is C8H19NO. The maximum Gasteiger partial charge on any atom is 0.217 e. The summed E-state index contributed by atoms with van der Waals surface area (Å²) in [5.74, 6) is -0.211. The standard InChI is InChI=1S/C4H9NO.C4H10/c1-2-3-4(5)6;1-3-4-2/h2-3H2,1H3,(H2,5,6);3-4H2,1-2H3. The van der Waals surface area contributed by atoms with Crippen molar-refractivity contribution in [2.45, 2.75) is 46.5 Å². The number of nitrogens with two attached hydrogens (primary N) is 1. The second-order valence-corrected chi connectivity index (χ2v) is 2.22. The first-order chi connectivity index (χ1) is 4.68. The first-order valence-electron chi connectivity index (χ1n) is 3.97. The molecule has 0 rings (SSSR count). The summed E-state index contributed by atoms with van der Waals surface area (Å²) >= 11 is 0. The molecule has 2 nitrogen and oxygen atoms in total. The van der Waals surface area contributed by atoms with Crippen molar-refractivity contribution in [1.82, 2.24) is 0 Å². The summed E-state index contributed by atoms with van der Waals surface area (Å²) in [7, 11) is 0. The zero-order chi connectivity index (χ0) is 8.41. The van der Waals surface area contributed by atoms with Crippen molar-refractivity contribution in [2.24, 2.45) is 5.73 Å². The molecule has 2 heteroatoms. The third-order valence-electron chi connectivity index (χ3n) is 0.996. The third kappa shape index (κ3) is 26.0. The van der Waals surface area contributed by atoms with Crippen LogP contribution in [0.1, 0.15) is 46.5 Å². The van der Waals surface area contributed by atoms with Crippen LogP contribution in [0.2, 0.25) is 0 Å². The van der Waals surface area contributed by atoms with Crippen molar-refractivity contribution in [2.75, 3.05) is 0 Å². The topological polar surface area (TPSA) is 43.1 Å². The van der Waals surface area contributed by atoms with E-state index in [1.165, 1.54) is 12.8 Å². The Morgan fingerprint density at radius 2 is 1.50 bits per heavy atom. The molecule has 62 valence electrons. The van der Waals surface area contributed by atoms with E-state index in [2.05, 4.69) is 13.8 Å². The van der Waals surface area contributed by atoms with Gasteiger partial charge in [0, 0.05) is 6.42 Å². The monoisotopic (exact) mass is 145 g/mol. The highest BCUT2D eigenvalue weighted by molar-refractivity contribution is 5.73. The lowest BCUT2D eigenvalue weighted by Gasteiger charge is -1.81. The van der Waals surface area contributed by atoms with Crippen LogP contribution in [0.4, 0.5) is 0 Å². The molecule has 0 aromatic carbocycles. The van der Waals surface area contributed by atoms with E-state index >= 15 is 0 Å². The molecule has 0 spiro atoms. The average molecular weight is 145 g/mol. The van der Waals surface area contributed by atoms with Gasteiger partial charge in [-0.2, -0.15) is 0 Å². The number of carbonyl (C=O) groups excluding carboxylic acids is 1.